The van der Waals surface area contributed by atoms with Crippen LogP contribution in [-0.4, -0.2) is 13.4 Å². The SMILES string of the molecule is COc1ccc(CNc2ccc(Br)c3cccc(C=O)c23)cc1. The highest BCUT2D eigenvalue weighted by Gasteiger charge is 2.08. The van der Waals surface area contributed by atoms with E-state index in [9.17, 15) is 4.79 Å². The van der Waals surface area contributed by atoms with Crippen molar-refractivity contribution in [2.24, 2.45) is 0 Å². The molecule has 0 aromatic heterocycles. The van der Waals surface area contributed by atoms with Gasteiger partial charge in [-0.25, -0.2) is 0 Å². The fraction of sp³-hybridized carbons (Fsp3) is 0.105. The second-order valence-corrected chi connectivity index (χ2v) is 6.04. The fourth-order valence-corrected chi connectivity index (χ4v) is 3.05. The summed E-state index contributed by atoms with van der Waals surface area (Å²) in [6, 6.07) is 17.6. The minimum Gasteiger partial charge on any atom is -0.497 e. The lowest BCUT2D eigenvalue weighted by molar-refractivity contribution is 0.112. The lowest BCUT2D eigenvalue weighted by Crippen LogP contribution is -2.01. The Bertz CT molecular complexity index is 844. The van der Waals surface area contributed by atoms with Gasteiger partial charge in [-0.05, 0) is 35.2 Å². The molecule has 23 heavy (non-hydrogen) atoms. The van der Waals surface area contributed by atoms with Crippen molar-refractivity contribution in [3.05, 3.63) is 70.2 Å². The number of carbonyl (C=O) groups is 1. The molecule has 3 nitrogen and oxygen atoms in total. The molecule has 116 valence electrons. The molecule has 0 atom stereocenters. The van der Waals surface area contributed by atoms with Crippen LogP contribution in [0.15, 0.2) is 59.1 Å². The van der Waals surface area contributed by atoms with Gasteiger partial charge >= 0.3 is 0 Å². The quantitative estimate of drug-likeness (QED) is 0.640. The zero-order valence-electron chi connectivity index (χ0n) is 12.7. The van der Waals surface area contributed by atoms with Crippen LogP contribution in [0.25, 0.3) is 10.8 Å². The average molecular weight is 370 g/mol. The van der Waals surface area contributed by atoms with Crippen molar-refractivity contribution in [1.29, 1.82) is 0 Å². The van der Waals surface area contributed by atoms with E-state index in [0.29, 0.717) is 12.1 Å². The fourth-order valence-electron chi connectivity index (χ4n) is 2.59. The Morgan fingerprint density at radius 2 is 1.87 bits per heavy atom. The summed E-state index contributed by atoms with van der Waals surface area (Å²) >= 11 is 3.55. The first-order chi connectivity index (χ1) is 11.2. The summed E-state index contributed by atoms with van der Waals surface area (Å²) in [7, 11) is 1.65. The van der Waals surface area contributed by atoms with E-state index in [0.717, 1.165) is 38.5 Å². The lowest BCUT2D eigenvalue weighted by atomic mass is 10.0. The number of fused-ring (bicyclic) bond motifs is 1. The Kier molecular flexibility index (Phi) is 4.63. The Morgan fingerprint density at radius 3 is 2.57 bits per heavy atom. The van der Waals surface area contributed by atoms with Crippen LogP contribution >= 0.6 is 15.9 Å². The summed E-state index contributed by atoms with van der Waals surface area (Å²) in [5.41, 5.74) is 2.77. The molecule has 0 fully saturated rings. The van der Waals surface area contributed by atoms with Gasteiger partial charge in [0.2, 0.25) is 0 Å². The topological polar surface area (TPSA) is 38.3 Å². The third kappa shape index (κ3) is 3.22. The number of ether oxygens (including phenoxy) is 1. The Morgan fingerprint density at radius 1 is 1.09 bits per heavy atom. The smallest absolute Gasteiger partial charge is 0.150 e. The maximum absolute atomic E-state index is 11.4. The van der Waals surface area contributed by atoms with Crippen LogP contribution in [0.2, 0.25) is 0 Å². The van der Waals surface area contributed by atoms with Crippen LogP contribution in [0.3, 0.4) is 0 Å². The Labute approximate surface area is 143 Å². The number of halogens is 1. The molecule has 0 bridgehead atoms. The van der Waals surface area contributed by atoms with Gasteiger partial charge in [0.25, 0.3) is 0 Å². The number of carbonyl (C=O) groups excluding carboxylic acids is 1. The highest BCUT2D eigenvalue weighted by Crippen LogP contribution is 2.32. The van der Waals surface area contributed by atoms with Gasteiger partial charge < -0.3 is 10.1 Å². The number of methoxy groups -OCH3 is 1. The van der Waals surface area contributed by atoms with Gasteiger partial charge in [0, 0.05) is 27.7 Å². The van der Waals surface area contributed by atoms with E-state index < -0.39 is 0 Å². The minimum atomic E-state index is 0.675. The van der Waals surface area contributed by atoms with E-state index in [-0.39, 0.29) is 0 Å². The summed E-state index contributed by atoms with van der Waals surface area (Å²) in [6.45, 7) is 0.675. The van der Waals surface area contributed by atoms with E-state index in [1.54, 1.807) is 7.11 Å². The van der Waals surface area contributed by atoms with Crippen molar-refractivity contribution in [3.8, 4) is 5.75 Å². The molecular weight excluding hydrogens is 354 g/mol. The van der Waals surface area contributed by atoms with Gasteiger partial charge in [0.15, 0.2) is 6.29 Å². The molecule has 0 aliphatic rings. The number of benzene rings is 3. The van der Waals surface area contributed by atoms with Gasteiger partial charge in [-0.1, -0.05) is 46.3 Å². The molecule has 3 aromatic carbocycles. The summed E-state index contributed by atoms with van der Waals surface area (Å²) in [5.74, 6) is 0.839. The highest BCUT2D eigenvalue weighted by molar-refractivity contribution is 9.10. The third-order valence-electron chi connectivity index (χ3n) is 3.79. The van der Waals surface area contributed by atoms with Crippen molar-refractivity contribution in [3.63, 3.8) is 0 Å². The number of aldehydes is 1. The van der Waals surface area contributed by atoms with Gasteiger partial charge in [-0.2, -0.15) is 0 Å². The summed E-state index contributed by atoms with van der Waals surface area (Å²) in [6.07, 6.45) is 0.896. The number of rotatable bonds is 5. The van der Waals surface area contributed by atoms with Crippen LogP contribution in [0.4, 0.5) is 5.69 Å². The maximum Gasteiger partial charge on any atom is 0.150 e. The zero-order valence-corrected chi connectivity index (χ0v) is 14.3. The molecule has 3 aromatic rings. The average Bonchev–Trinajstić information content (AvgIpc) is 2.61. The monoisotopic (exact) mass is 369 g/mol. The molecule has 4 heteroatoms. The molecule has 1 N–H and O–H groups in total. The molecule has 3 rings (SSSR count). The number of nitrogens with one attached hydrogen (secondary N) is 1. The third-order valence-corrected chi connectivity index (χ3v) is 4.48. The first-order valence-electron chi connectivity index (χ1n) is 7.26. The van der Waals surface area contributed by atoms with E-state index in [1.165, 1.54) is 0 Å². The van der Waals surface area contributed by atoms with Gasteiger partial charge in [-0.15, -0.1) is 0 Å². The molecule has 0 saturated carbocycles. The van der Waals surface area contributed by atoms with E-state index in [2.05, 4.69) is 21.2 Å². The molecule has 0 amide bonds. The van der Waals surface area contributed by atoms with Crippen LogP contribution in [-0.2, 0) is 6.54 Å². The normalized spacial score (nSPS) is 10.5. The maximum atomic E-state index is 11.4. The standard InChI is InChI=1S/C19H16BrNO2/c1-23-15-7-5-13(6-8-15)11-21-18-10-9-17(20)16-4-2-3-14(12-22)19(16)18/h2-10,12,21H,11H2,1H3. The number of hydrogen-bond acceptors (Lipinski definition) is 3. The van der Waals surface area contributed by atoms with Gasteiger partial charge in [0.1, 0.15) is 5.75 Å². The van der Waals surface area contributed by atoms with Crippen molar-refractivity contribution < 1.29 is 9.53 Å². The lowest BCUT2D eigenvalue weighted by Gasteiger charge is -2.13. The second kappa shape index (κ2) is 6.84. The predicted octanol–water partition coefficient (Wildman–Crippen LogP) is 5.04. The molecule has 0 spiro atoms. The van der Waals surface area contributed by atoms with E-state index in [1.807, 2.05) is 54.6 Å². The van der Waals surface area contributed by atoms with E-state index in [4.69, 9.17) is 4.74 Å². The van der Waals surface area contributed by atoms with Gasteiger partial charge in [0.05, 0.1) is 7.11 Å². The molecule has 0 unspecified atom stereocenters. The van der Waals surface area contributed by atoms with Crippen molar-refractivity contribution in [2.75, 3.05) is 12.4 Å². The Hall–Kier alpha value is -2.33. The molecule has 0 saturated heterocycles. The predicted molar refractivity (Wildman–Crippen MR) is 97.4 cm³/mol. The van der Waals surface area contributed by atoms with Crippen LogP contribution < -0.4 is 10.1 Å². The van der Waals surface area contributed by atoms with Crippen LogP contribution in [0, 0.1) is 0 Å². The Balaban J connectivity index is 1.93. The largest absolute Gasteiger partial charge is 0.497 e. The van der Waals surface area contributed by atoms with Crippen LogP contribution in [0.5, 0.6) is 5.75 Å². The molecule has 0 heterocycles. The molecule has 0 aliphatic carbocycles. The van der Waals surface area contributed by atoms with Crippen molar-refractivity contribution in [2.45, 2.75) is 6.54 Å². The number of anilines is 1. The van der Waals surface area contributed by atoms with Gasteiger partial charge in [-0.3, -0.25) is 4.79 Å². The molecule has 0 aliphatic heterocycles. The van der Waals surface area contributed by atoms with Crippen molar-refractivity contribution in [1.82, 2.24) is 0 Å². The first-order valence-corrected chi connectivity index (χ1v) is 8.05. The summed E-state index contributed by atoms with van der Waals surface area (Å²) < 4.78 is 6.15. The first kappa shape index (κ1) is 15.6. The van der Waals surface area contributed by atoms with Crippen LogP contribution in [0.1, 0.15) is 15.9 Å². The summed E-state index contributed by atoms with van der Waals surface area (Å²) in [4.78, 5) is 11.4. The van der Waals surface area contributed by atoms with Crippen molar-refractivity contribution >= 4 is 38.7 Å². The zero-order chi connectivity index (χ0) is 16.2. The molecular formula is C19H16BrNO2. The number of hydrogen-bond donors (Lipinski definition) is 1. The summed E-state index contributed by atoms with van der Waals surface area (Å²) in [5, 5.41) is 5.38. The minimum absolute atomic E-state index is 0.675. The van der Waals surface area contributed by atoms with E-state index >= 15 is 0 Å². The second-order valence-electron chi connectivity index (χ2n) is 5.18. The highest BCUT2D eigenvalue weighted by atomic mass is 79.9. The molecule has 0 radical (unpaired) electrons.